The molecule has 0 unspecified atom stereocenters. The fourth-order valence-electron chi connectivity index (χ4n) is 3.12. The van der Waals surface area contributed by atoms with Gasteiger partial charge in [-0.3, -0.25) is 4.79 Å². The van der Waals surface area contributed by atoms with E-state index in [1.54, 1.807) is 12.3 Å². The third-order valence-corrected chi connectivity index (χ3v) is 4.67. The molecule has 4 rings (SSSR count). The van der Waals surface area contributed by atoms with Crippen molar-refractivity contribution in [3.05, 3.63) is 90.1 Å². The summed E-state index contributed by atoms with van der Waals surface area (Å²) in [5.74, 6) is 1.62. The van der Waals surface area contributed by atoms with Crippen LogP contribution in [-0.4, -0.2) is 17.5 Å². The molecule has 0 aliphatic heterocycles. The molecule has 5 nitrogen and oxygen atoms in total. The lowest BCUT2D eigenvalue weighted by Crippen LogP contribution is -2.13. The van der Waals surface area contributed by atoms with Crippen LogP contribution in [0.25, 0.3) is 22.8 Å². The Morgan fingerprint density at radius 3 is 2.47 bits per heavy atom. The number of nitrogens with zero attached hydrogens (tertiary/aromatic N) is 1. The average molecular weight is 398 g/mol. The Kier molecular flexibility index (Phi) is 5.61. The van der Waals surface area contributed by atoms with Crippen molar-refractivity contribution in [1.82, 2.24) is 4.98 Å². The van der Waals surface area contributed by atoms with E-state index in [0.29, 0.717) is 29.4 Å². The zero-order valence-corrected chi connectivity index (χ0v) is 16.9. The van der Waals surface area contributed by atoms with Gasteiger partial charge in [-0.1, -0.05) is 29.8 Å². The van der Waals surface area contributed by atoms with Crippen molar-refractivity contribution in [1.29, 1.82) is 0 Å². The van der Waals surface area contributed by atoms with E-state index < -0.39 is 0 Å². The number of oxazole rings is 1. The van der Waals surface area contributed by atoms with Gasteiger partial charge in [0.15, 0.2) is 5.76 Å². The van der Waals surface area contributed by atoms with E-state index in [2.05, 4.69) is 10.3 Å². The first-order chi connectivity index (χ1) is 14.6. The number of nitrogens with one attached hydrogen (secondary N) is 1. The fourth-order valence-corrected chi connectivity index (χ4v) is 3.12. The van der Waals surface area contributed by atoms with Gasteiger partial charge in [-0.25, -0.2) is 4.98 Å². The number of carbonyl (C=O) groups excluding carboxylic acids is 1. The average Bonchev–Trinajstić information content (AvgIpc) is 3.26. The van der Waals surface area contributed by atoms with Crippen LogP contribution < -0.4 is 10.1 Å². The van der Waals surface area contributed by atoms with Crippen LogP contribution in [0.2, 0.25) is 0 Å². The lowest BCUT2D eigenvalue weighted by atomic mass is 10.1. The third kappa shape index (κ3) is 4.25. The number of hydrogen-bond acceptors (Lipinski definition) is 4. The Morgan fingerprint density at radius 1 is 1.00 bits per heavy atom. The largest absolute Gasteiger partial charge is 0.494 e. The number of rotatable bonds is 6. The molecule has 1 heterocycles. The van der Waals surface area contributed by atoms with Crippen LogP contribution >= 0.6 is 0 Å². The molecule has 0 aliphatic rings. The summed E-state index contributed by atoms with van der Waals surface area (Å²) in [5.41, 5.74) is 3.90. The molecule has 1 aromatic heterocycles. The molecule has 30 heavy (non-hydrogen) atoms. The number of carbonyl (C=O) groups is 1. The predicted octanol–water partition coefficient (Wildman–Crippen LogP) is 5.97. The van der Waals surface area contributed by atoms with Gasteiger partial charge in [0.2, 0.25) is 5.89 Å². The highest BCUT2D eigenvalue weighted by Crippen LogP contribution is 2.29. The Labute approximate surface area is 175 Å². The first-order valence-corrected chi connectivity index (χ1v) is 9.80. The number of aromatic nitrogens is 1. The van der Waals surface area contributed by atoms with Crippen molar-refractivity contribution in [3.8, 4) is 28.5 Å². The normalized spacial score (nSPS) is 10.6. The molecule has 4 aromatic rings. The highest BCUT2D eigenvalue weighted by atomic mass is 16.5. The molecular formula is C25H22N2O3. The minimum Gasteiger partial charge on any atom is -0.494 e. The van der Waals surface area contributed by atoms with E-state index in [9.17, 15) is 4.79 Å². The number of amides is 1. The summed E-state index contributed by atoms with van der Waals surface area (Å²) in [4.78, 5) is 17.3. The number of ether oxygens (including phenoxy) is 1. The summed E-state index contributed by atoms with van der Waals surface area (Å²) in [6, 6.07) is 22.6. The minimum absolute atomic E-state index is 0.213. The van der Waals surface area contributed by atoms with Gasteiger partial charge in [-0.15, -0.1) is 0 Å². The summed E-state index contributed by atoms with van der Waals surface area (Å²) >= 11 is 0. The molecular weight excluding hydrogens is 376 g/mol. The molecule has 3 aromatic carbocycles. The van der Waals surface area contributed by atoms with Crippen LogP contribution in [0.4, 0.5) is 5.69 Å². The first-order valence-electron chi connectivity index (χ1n) is 9.80. The number of anilines is 1. The van der Waals surface area contributed by atoms with Gasteiger partial charge in [0.1, 0.15) is 5.75 Å². The zero-order valence-electron chi connectivity index (χ0n) is 16.9. The molecule has 150 valence electrons. The van der Waals surface area contributed by atoms with E-state index in [1.165, 1.54) is 0 Å². The predicted molar refractivity (Wildman–Crippen MR) is 118 cm³/mol. The summed E-state index contributed by atoms with van der Waals surface area (Å²) in [5, 5.41) is 2.93. The third-order valence-electron chi connectivity index (χ3n) is 4.67. The van der Waals surface area contributed by atoms with Crippen molar-refractivity contribution in [3.63, 3.8) is 0 Å². The van der Waals surface area contributed by atoms with Crippen LogP contribution in [-0.2, 0) is 0 Å². The maximum Gasteiger partial charge on any atom is 0.256 e. The van der Waals surface area contributed by atoms with Crippen LogP contribution in [0.15, 0.2) is 83.4 Å². The van der Waals surface area contributed by atoms with Crippen molar-refractivity contribution >= 4 is 11.6 Å². The first kappa shape index (κ1) is 19.5. The lowest BCUT2D eigenvalue weighted by Gasteiger charge is -2.08. The highest BCUT2D eigenvalue weighted by molar-refractivity contribution is 6.08. The number of aryl methyl sites for hydroxylation is 1. The molecule has 0 bridgehead atoms. The molecule has 0 atom stereocenters. The summed E-state index contributed by atoms with van der Waals surface area (Å²) in [6.45, 7) is 4.57. The van der Waals surface area contributed by atoms with E-state index >= 15 is 0 Å². The number of hydrogen-bond donors (Lipinski definition) is 1. The Morgan fingerprint density at radius 2 is 1.73 bits per heavy atom. The standard InChI is InChI=1S/C25H22N2O3/c1-3-29-20-14-10-18(11-15-20)23-16-26-25(30-23)22-7-5-4-6-21(22)24(28)27-19-12-8-17(2)9-13-19/h4-16H,3H2,1-2H3,(H,27,28). The molecule has 1 N–H and O–H groups in total. The molecule has 5 heteroatoms. The Bertz CT molecular complexity index is 1150. The van der Waals surface area contributed by atoms with Crippen LogP contribution in [0.3, 0.4) is 0 Å². The zero-order chi connectivity index (χ0) is 20.9. The number of benzene rings is 3. The van der Waals surface area contributed by atoms with Crippen molar-refractivity contribution < 1.29 is 13.9 Å². The molecule has 0 fully saturated rings. The van der Waals surface area contributed by atoms with Gasteiger partial charge >= 0.3 is 0 Å². The molecule has 0 saturated carbocycles. The maximum atomic E-state index is 12.9. The van der Waals surface area contributed by atoms with Gasteiger partial charge < -0.3 is 14.5 Å². The van der Waals surface area contributed by atoms with Gasteiger partial charge in [0.05, 0.1) is 18.4 Å². The topological polar surface area (TPSA) is 64.4 Å². The van der Waals surface area contributed by atoms with Gasteiger partial charge in [0.25, 0.3) is 5.91 Å². The minimum atomic E-state index is -0.213. The smallest absolute Gasteiger partial charge is 0.256 e. The second-order valence-corrected chi connectivity index (χ2v) is 6.85. The second-order valence-electron chi connectivity index (χ2n) is 6.85. The van der Waals surface area contributed by atoms with E-state index in [-0.39, 0.29) is 5.91 Å². The maximum absolute atomic E-state index is 12.9. The van der Waals surface area contributed by atoms with Gasteiger partial charge in [-0.05, 0) is 62.4 Å². The van der Waals surface area contributed by atoms with Crippen LogP contribution in [0, 0.1) is 6.92 Å². The van der Waals surface area contributed by atoms with Gasteiger partial charge in [-0.2, -0.15) is 0 Å². The molecule has 0 saturated heterocycles. The van der Waals surface area contributed by atoms with E-state index in [4.69, 9.17) is 9.15 Å². The van der Waals surface area contributed by atoms with Crippen molar-refractivity contribution in [2.75, 3.05) is 11.9 Å². The monoisotopic (exact) mass is 398 g/mol. The molecule has 0 radical (unpaired) electrons. The summed E-state index contributed by atoms with van der Waals surface area (Å²) in [6.07, 6.45) is 1.67. The SMILES string of the molecule is CCOc1ccc(-c2cnc(-c3ccccc3C(=O)Nc3ccc(C)cc3)o2)cc1. The summed E-state index contributed by atoms with van der Waals surface area (Å²) in [7, 11) is 0. The molecule has 1 amide bonds. The molecule has 0 spiro atoms. The van der Waals surface area contributed by atoms with Crippen molar-refractivity contribution in [2.45, 2.75) is 13.8 Å². The lowest BCUT2D eigenvalue weighted by molar-refractivity contribution is 0.102. The molecule has 0 aliphatic carbocycles. The van der Waals surface area contributed by atoms with Gasteiger partial charge in [0, 0.05) is 16.8 Å². The van der Waals surface area contributed by atoms with Crippen LogP contribution in [0.5, 0.6) is 5.75 Å². The second kappa shape index (κ2) is 8.66. The Balaban J connectivity index is 1.59. The fraction of sp³-hybridized carbons (Fsp3) is 0.120. The van der Waals surface area contributed by atoms with E-state index in [1.807, 2.05) is 80.6 Å². The quantitative estimate of drug-likeness (QED) is 0.435. The highest BCUT2D eigenvalue weighted by Gasteiger charge is 2.17. The van der Waals surface area contributed by atoms with Crippen molar-refractivity contribution in [2.24, 2.45) is 0 Å². The Hall–Kier alpha value is -3.86. The van der Waals surface area contributed by atoms with E-state index in [0.717, 1.165) is 22.6 Å². The van der Waals surface area contributed by atoms with Crippen LogP contribution in [0.1, 0.15) is 22.8 Å². The summed E-state index contributed by atoms with van der Waals surface area (Å²) < 4.78 is 11.5.